The van der Waals surface area contributed by atoms with Crippen molar-refractivity contribution in [2.75, 3.05) is 6.61 Å². The quantitative estimate of drug-likeness (QED) is 0.847. The Morgan fingerprint density at radius 2 is 2.00 bits per heavy atom. The van der Waals surface area contributed by atoms with Crippen LogP contribution in [-0.2, 0) is 6.18 Å². The van der Waals surface area contributed by atoms with Crippen LogP contribution >= 0.6 is 15.9 Å². The van der Waals surface area contributed by atoms with Crippen molar-refractivity contribution < 1.29 is 23.1 Å². The van der Waals surface area contributed by atoms with Crippen LogP contribution in [-0.4, -0.2) is 17.5 Å². The zero-order valence-electron chi connectivity index (χ0n) is 7.31. The van der Waals surface area contributed by atoms with Gasteiger partial charge in [-0.25, -0.2) is 0 Å². The van der Waals surface area contributed by atoms with Crippen LogP contribution < -0.4 is 0 Å². The summed E-state index contributed by atoms with van der Waals surface area (Å²) in [6.45, 7) is -0.724. The third kappa shape index (κ3) is 2.79. The van der Waals surface area contributed by atoms with Gasteiger partial charge in [-0.2, -0.15) is 13.2 Å². The van der Waals surface area contributed by atoms with Gasteiger partial charge in [-0.05, 0) is 12.1 Å². The smallest absolute Gasteiger partial charge is 0.388 e. The van der Waals surface area contributed by atoms with Gasteiger partial charge >= 0.3 is 6.18 Å². The first-order valence-electron chi connectivity index (χ1n) is 3.87. The Morgan fingerprint density at radius 3 is 2.40 bits per heavy atom. The number of rotatable bonds is 2. The maximum Gasteiger partial charge on any atom is 0.417 e. The maximum atomic E-state index is 12.3. The fourth-order valence-corrected chi connectivity index (χ4v) is 1.61. The number of carbonyl (C=O) groups is 1. The normalized spacial score (nSPS) is 11.5. The molecule has 6 heteroatoms. The van der Waals surface area contributed by atoms with Gasteiger partial charge in [-0.15, -0.1) is 0 Å². The van der Waals surface area contributed by atoms with Gasteiger partial charge in [-0.1, -0.05) is 22.0 Å². The van der Waals surface area contributed by atoms with Gasteiger partial charge in [0.25, 0.3) is 0 Å². The molecule has 82 valence electrons. The summed E-state index contributed by atoms with van der Waals surface area (Å²) < 4.78 is 36.7. The van der Waals surface area contributed by atoms with Gasteiger partial charge in [-0.3, -0.25) is 4.79 Å². The molecule has 1 rings (SSSR count). The molecule has 1 aromatic carbocycles. The molecule has 0 atom stereocenters. The number of halogens is 4. The Hall–Kier alpha value is -0.880. The zero-order chi connectivity index (χ0) is 11.6. The summed E-state index contributed by atoms with van der Waals surface area (Å²) >= 11 is 2.73. The number of aliphatic hydroxyl groups is 1. The number of alkyl halides is 3. The molecule has 0 spiro atoms. The molecule has 0 bridgehead atoms. The summed E-state index contributed by atoms with van der Waals surface area (Å²) in [6, 6.07) is 2.88. The molecule has 0 saturated heterocycles. The average Bonchev–Trinajstić information content (AvgIpc) is 2.14. The molecule has 0 saturated carbocycles. The van der Waals surface area contributed by atoms with Gasteiger partial charge in [0.15, 0.2) is 5.78 Å². The van der Waals surface area contributed by atoms with Gasteiger partial charge in [0.2, 0.25) is 0 Å². The highest BCUT2D eigenvalue weighted by atomic mass is 79.9. The second-order valence-electron chi connectivity index (χ2n) is 2.77. The van der Waals surface area contributed by atoms with Crippen molar-refractivity contribution in [1.82, 2.24) is 0 Å². The molecule has 0 aliphatic rings. The topological polar surface area (TPSA) is 37.3 Å². The highest BCUT2D eigenvalue weighted by Crippen LogP contribution is 2.35. The van der Waals surface area contributed by atoms with E-state index in [1.54, 1.807) is 0 Å². The van der Waals surface area contributed by atoms with E-state index in [4.69, 9.17) is 5.11 Å². The molecule has 0 unspecified atom stereocenters. The standard InChI is InChI=1S/C9H6BrF3O2/c10-7-3-5(8(15)4-14)1-2-6(7)9(11,12)13/h1-3,14H,4H2. The molecule has 0 radical (unpaired) electrons. The Bertz CT molecular complexity index is 387. The number of carbonyl (C=O) groups excluding carboxylic acids is 1. The molecule has 15 heavy (non-hydrogen) atoms. The lowest BCUT2D eigenvalue weighted by atomic mass is 10.1. The lowest BCUT2D eigenvalue weighted by Gasteiger charge is -2.09. The molecule has 2 nitrogen and oxygen atoms in total. The Balaban J connectivity index is 3.15. The SMILES string of the molecule is O=C(CO)c1ccc(C(F)(F)F)c(Br)c1. The van der Waals surface area contributed by atoms with Crippen LogP contribution in [0.2, 0.25) is 0 Å². The summed E-state index contributed by atoms with van der Waals surface area (Å²) in [6.07, 6.45) is -4.46. The maximum absolute atomic E-state index is 12.3. The highest BCUT2D eigenvalue weighted by molar-refractivity contribution is 9.10. The van der Waals surface area contributed by atoms with Gasteiger partial charge < -0.3 is 5.11 Å². The average molecular weight is 283 g/mol. The van der Waals surface area contributed by atoms with E-state index in [9.17, 15) is 18.0 Å². The van der Waals surface area contributed by atoms with Crippen molar-refractivity contribution >= 4 is 21.7 Å². The lowest BCUT2D eigenvalue weighted by molar-refractivity contribution is -0.138. The van der Waals surface area contributed by atoms with E-state index in [2.05, 4.69) is 15.9 Å². The summed E-state index contributed by atoms with van der Waals surface area (Å²) in [5.41, 5.74) is -0.811. The molecular weight excluding hydrogens is 277 g/mol. The molecule has 0 aliphatic carbocycles. The summed E-state index contributed by atoms with van der Waals surface area (Å²) in [4.78, 5) is 11.0. The van der Waals surface area contributed by atoms with Gasteiger partial charge in [0.1, 0.15) is 6.61 Å². The molecular formula is C9H6BrF3O2. The number of aliphatic hydroxyl groups excluding tert-OH is 1. The van der Waals surface area contributed by atoms with Gasteiger partial charge in [0, 0.05) is 10.0 Å². The van der Waals surface area contributed by atoms with E-state index in [1.807, 2.05) is 0 Å². The first kappa shape index (κ1) is 12.2. The lowest BCUT2D eigenvalue weighted by Crippen LogP contribution is -2.09. The number of hydrogen-bond donors (Lipinski definition) is 1. The highest BCUT2D eigenvalue weighted by Gasteiger charge is 2.32. The number of Topliss-reactive ketones (excluding diaryl/α,β-unsaturated/α-hetero) is 1. The zero-order valence-corrected chi connectivity index (χ0v) is 8.89. The number of ketones is 1. The minimum atomic E-state index is -4.46. The molecule has 0 amide bonds. The van der Waals surface area contributed by atoms with Crippen LogP contribution in [0.15, 0.2) is 22.7 Å². The van der Waals surface area contributed by atoms with Crippen LogP contribution in [0.25, 0.3) is 0 Å². The van der Waals surface area contributed by atoms with Crippen LogP contribution in [0.5, 0.6) is 0 Å². The Kier molecular flexibility index (Phi) is 3.51. The third-order valence-electron chi connectivity index (χ3n) is 1.74. The van der Waals surface area contributed by atoms with E-state index in [0.717, 1.165) is 18.2 Å². The van der Waals surface area contributed by atoms with E-state index in [1.165, 1.54) is 0 Å². The Labute approximate surface area is 91.8 Å². The monoisotopic (exact) mass is 282 g/mol. The first-order chi connectivity index (χ1) is 6.86. The van der Waals surface area contributed by atoms with E-state index < -0.39 is 24.1 Å². The van der Waals surface area contributed by atoms with Crippen molar-refractivity contribution in [2.24, 2.45) is 0 Å². The van der Waals surface area contributed by atoms with E-state index >= 15 is 0 Å². The van der Waals surface area contributed by atoms with Crippen LogP contribution in [0.4, 0.5) is 13.2 Å². The molecule has 0 heterocycles. The van der Waals surface area contributed by atoms with Crippen molar-refractivity contribution in [3.05, 3.63) is 33.8 Å². The van der Waals surface area contributed by atoms with Crippen molar-refractivity contribution in [3.63, 3.8) is 0 Å². The third-order valence-corrected chi connectivity index (χ3v) is 2.40. The Morgan fingerprint density at radius 1 is 1.40 bits per heavy atom. The summed E-state index contributed by atoms with van der Waals surface area (Å²) in [7, 11) is 0. The summed E-state index contributed by atoms with van der Waals surface area (Å²) in [5, 5.41) is 8.52. The van der Waals surface area contributed by atoms with Crippen molar-refractivity contribution in [2.45, 2.75) is 6.18 Å². The number of hydrogen-bond acceptors (Lipinski definition) is 2. The fraction of sp³-hybridized carbons (Fsp3) is 0.222. The molecule has 0 aromatic heterocycles. The van der Waals surface area contributed by atoms with Crippen LogP contribution in [0.3, 0.4) is 0 Å². The molecule has 0 fully saturated rings. The van der Waals surface area contributed by atoms with Gasteiger partial charge in [0.05, 0.1) is 5.56 Å². The fourth-order valence-electron chi connectivity index (χ4n) is 1.01. The van der Waals surface area contributed by atoms with Crippen molar-refractivity contribution in [1.29, 1.82) is 0 Å². The first-order valence-corrected chi connectivity index (χ1v) is 4.66. The predicted molar refractivity (Wildman–Crippen MR) is 50.6 cm³/mol. The second kappa shape index (κ2) is 4.32. The minimum absolute atomic E-state index is 0.0392. The van der Waals surface area contributed by atoms with E-state index in [-0.39, 0.29) is 10.0 Å². The number of benzene rings is 1. The van der Waals surface area contributed by atoms with Crippen molar-refractivity contribution in [3.8, 4) is 0 Å². The predicted octanol–water partition coefficient (Wildman–Crippen LogP) is 2.64. The summed E-state index contributed by atoms with van der Waals surface area (Å²) in [5.74, 6) is -0.621. The minimum Gasteiger partial charge on any atom is -0.388 e. The largest absolute Gasteiger partial charge is 0.417 e. The van der Waals surface area contributed by atoms with E-state index in [0.29, 0.717) is 0 Å². The second-order valence-corrected chi connectivity index (χ2v) is 3.63. The van der Waals surface area contributed by atoms with Crippen LogP contribution in [0, 0.1) is 0 Å². The van der Waals surface area contributed by atoms with Crippen LogP contribution in [0.1, 0.15) is 15.9 Å². The molecule has 0 aliphatic heterocycles. The molecule has 1 N–H and O–H groups in total. The molecule has 1 aromatic rings.